The second-order valence-corrected chi connectivity index (χ2v) is 8.58. The highest BCUT2D eigenvalue weighted by Gasteiger charge is 2.16. The Kier molecular flexibility index (Phi) is 7.83. The number of hydrogen-bond donors (Lipinski definition) is 1. The Morgan fingerprint density at radius 2 is 1.66 bits per heavy atom. The molecule has 0 heterocycles. The monoisotopic (exact) mass is 533 g/mol. The predicted molar refractivity (Wildman–Crippen MR) is 125 cm³/mol. The molecule has 29 heavy (non-hydrogen) atoms. The van der Waals surface area contributed by atoms with Gasteiger partial charge in [-0.05, 0) is 48.0 Å². The number of nitrogens with one attached hydrogen (secondary N) is 1. The van der Waals surface area contributed by atoms with Crippen molar-refractivity contribution in [2.45, 2.75) is 13.2 Å². The first kappa shape index (κ1) is 22.4. The number of hydrogen-bond acceptors (Lipinski definition) is 3. The molecule has 0 saturated heterocycles. The molecule has 0 spiro atoms. The summed E-state index contributed by atoms with van der Waals surface area (Å²) in [5.41, 5.74) is 2.49. The summed E-state index contributed by atoms with van der Waals surface area (Å²) in [6, 6.07) is 14.4. The standard InChI is InChI=1S/C21H16BrCl4NO2/c1-28-20-7-4-15(22)14(10-27-19-9-13(23)3-6-17(19)25)21(20)29-11-12-2-5-16(24)18(26)8-12/h2-9,27H,10-11H2,1H3. The summed E-state index contributed by atoms with van der Waals surface area (Å²) in [4.78, 5) is 0. The highest BCUT2D eigenvalue weighted by molar-refractivity contribution is 9.10. The van der Waals surface area contributed by atoms with E-state index >= 15 is 0 Å². The summed E-state index contributed by atoms with van der Waals surface area (Å²) in [7, 11) is 1.60. The first-order valence-electron chi connectivity index (χ1n) is 8.50. The molecule has 0 fully saturated rings. The van der Waals surface area contributed by atoms with E-state index in [1.54, 1.807) is 37.4 Å². The predicted octanol–water partition coefficient (Wildman–Crippen LogP) is 8.26. The molecule has 0 aromatic heterocycles. The van der Waals surface area contributed by atoms with Gasteiger partial charge in [-0.15, -0.1) is 0 Å². The van der Waals surface area contributed by atoms with Crippen molar-refractivity contribution in [3.8, 4) is 11.5 Å². The zero-order valence-electron chi connectivity index (χ0n) is 15.2. The molecular weight excluding hydrogens is 520 g/mol. The minimum absolute atomic E-state index is 0.300. The Labute approximate surface area is 197 Å². The number of methoxy groups -OCH3 is 1. The maximum absolute atomic E-state index is 6.26. The van der Waals surface area contributed by atoms with Crippen LogP contribution in [-0.2, 0) is 13.2 Å². The summed E-state index contributed by atoms with van der Waals surface area (Å²) in [6.07, 6.45) is 0. The second kappa shape index (κ2) is 10.1. The molecule has 0 aliphatic carbocycles. The molecule has 0 unspecified atom stereocenters. The van der Waals surface area contributed by atoms with Crippen LogP contribution < -0.4 is 14.8 Å². The SMILES string of the molecule is COc1ccc(Br)c(CNc2cc(Cl)ccc2Cl)c1OCc1ccc(Cl)c(Cl)c1. The van der Waals surface area contributed by atoms with Crippen molar-refractivity contribution < 1.29 is 9.47 Å². The molecule has 0 saturated carbocycles. The van der Waals surface area contributed by atoms with Crippen molar-refractivity contribution in [3.63, 3.8) is 0 Å². The lowest BCUT2D eigenvalue weighted by molar-refractivity contribution is 0.281. The summed E-state index contributed by atoms with van der Waals surface area (Å²) in [6.45, 7) is 0.739. The zero-order valence-corrected chi connectivity index (χ0v) is 19.8. The summed E-state index contributed by atoms with van der Waals surface area (Å²) < 4.78 is 12.5. The number of benzene rings is 3. The molecule has 0 aliphatic heterocycles. The van der Waals surface area contributed by atoms with Crippen LogP contribution in [0.25, 0.3) is 0 Å². The van der Waals surface area contributed by atoms with Crippen LogP contribution in [0.4, 0.5) is 5.69 Å². The third kappa shape index (κ3) is 5.65. The van der Waals surface area contributed by atoms with Crippen molar-refractivity contribution in [2.75, 3.05) is 12.4 Å². The molecule has 0 atom stereocenters. The van der Waals surface area contributed by atoms with E-state index in [4.69, 9.17) is 55.9 Å². The van der Waals surface area contributed by atoms with E-state index in [1.165, 1.54) is 0 Å². The minimum atomic E-state index is 0.300. The van der Waals surface area contributed by atoms with E-state index < -0.39 is 0 Å². The topological polar surface area (TPSA) is 30.5 Å². The summed E-state index contributed by atoms with van der Waals surface area (Å²) in [5, 5.41) is 5.44. The van der Waals surface area contributed by atoms with E-state index in [0.29, 0.717) is 44.7 Å². The van der Waals surface area contributed by atoms with Gasteiger partial charge in [0, 0.05) is 21.6 Å². The third-order valence-electron chi connectivity index (χ3n) is 4.14. The summed E-state index contributed by atoms with van der Waals surface area (Å²) in [5.74, 6) is 1.22. The molecule has 3 aromatic carbocycles. The fourth-order valence-corrected chi connectivity index (χ4v) is 3.80. The number of ether oxygens (including phenoxy) is 2. The van der Waals surface area contributed by atoms with Gasteiger partial charge in [-0.1, -0.05) is 68.4 Å². The van der Waals surface area contributed by atoms with Crippen molar-refractivity contribution in [2.24, 2.45) is 0 Å². The Hall–Kier alpha value is -1.30. The van der Waals surface area contributed by atoms with Gasteiger partial charge >= 0.3 is 0 Å². The molecule has 3 rings (SSSR count). The lowest BCUT2D eigenvalue weighted by Crippen LogP contribution is -2.06. The highest BCUT2D eigenvalue weighted by Crippen LogP contribution is 2.38. The van der Waals surface area contributed by atoms with E-state index in [9.17, 15) is 0 Å². The maximum Gasteiger partial charge on any atom is 0.167 e. The number of anilines is 1. The van der Waals surface area contributed by atoms with Crippen LogP contribution in [0.15, 0.2) is 53.0 Å². The van der Waals surface area contributed by atoms with Gasteiger partial charge in [-0.2, -0.15) is 0 Å². The van der Waals surface area contributed by atoms with Crippen LogP contribution >= 0.6 is 62.3 Å². The molecule has 0 bridgehead atoms. The molecule has 152 valence electrons. The zero-order chi connectivity index (χ0) is 21.0. The van der Waals surface area contributed by atoms with Gasteiger partial charge in [0.2, 0.25) is 0 Å². The number of halogens is 5. The Morgan fingerprint density at radius 3 is 2.38 bits per heavy atom. The van der Waals surface area contributed by atoms with E-state index in [-0.39, 0.29) is 0 Å². The molecule has 1 N–H and O–H groups in total. The molecule has 0 aliphatic rings. The third-order valence-corrected chi connectivity index (χ3v) is 6.18. The van der Waals surface area contributed by atoms with Gasteiger partial charge in [-0.25, -0.2) is 0 Å². The Bertz CT molecular complexity index is 1030. The van der Waals surface area contributed by atoms with E-state index in [1.807, 2.05) is 18.2 Å². The van der Waals surface area contributed by atoms with E-state index in [0.717, 1.165) is 21.3 Å². The lowest BCUT2D eigenvalue weighted by atomic mass is 10.1. The fraction of sp³-hybridized carbons (Fsp3) is 0.143. The van der Waals surface area contributed by atoms with Crippen LogP contribution in [0.3, 0.4) is 0 Å². The molecule has 0 amide bonds. The van der Waals surface area contributed by atoms with Gasteiger partial charge in [0.25, 0.3) is 0 Å². The van der Waals surface area contributed by atoms with Crippen molar-refractivity contribution in [1.82, 2.24) is 0 Å². The van der Waals surface area contributed by atoms with Crippen LogP contribution in [0.5, 0.6) is 11.5 Å². The normalized spacial score (nSPS) is 10.7. The lowest BCUT2D eigenvalue weighted by Gasteiger charge is -2.18. The second-order valence-electron chi connectivity index (χ2n) is 6.07. The maximum atomic E-state index is 6.26. The average Bonchev–Trinajstić information content (AvgIpc) is 2.70. The smallest absolute Gasteiger partial charge is 0.167 e. The van der Waals surface area contributed by atoms with Crippen molar-refractivity contribution in [1.29, 1.82) is 0 Å². The molecule has 8 heteroatoms. The average molecular weight is 536 g/mol. The largest absolute Gasteiger partial charge is 0.493 e. The minimum Gasteiger partial charge on any atom is -0.493 e. The van der Waals surface area contributed by atoms with Crippen molar-refractivity contribution >= 4 is 68.0 Å². The van der Waals surface area contributed by atoms with Crippen LogP contribution in [0, 0.1) is 0 Å². The van der Waals surface area contributed by atoms with Crippen LogP contribution in [-0.4, -0.2) is 7.11 Å². The molecular formula is C21H16BrCl4NO2. The highest BCUT2D eigenvalue weighted by atomic mass is 79.9. The number of rotatable bonds is 7. The molecule has 3 aromatic rings. The van der Waals surface area contributed by atoms with Gasteiger partial charge in [0.05, 0.1) is 27.9 Å². The quantitative estimate of drug-likeness (QED) is 0.330. The van der Waals surface area contributed by atoms with Crippen LogP contribution in [0.2, 0.25) is 20.1 Å². The van der Waals surface area contributed by atoms with Crippen LogP contribution in [0.1, 0.15) is 11.1 Å². The van der Waals surface area contributed by atoms with Gasteiger partial charge in [0.1, 0.15) is 6.61 Å². The van der Waals surface area contributed by atoms with Gasteiger partial charge < -0.3 is 14.8 Å². The summed E-state index contributed by atoms with van der Waals surface area (Å²) >= 11 is 28.0. The Morgan fingerprint density at radius 1 is 0.897 bits per heavy atom. The van der Waals surface area contributed by atoms with E-state index in [2.05, 4.69) is 21.2 Å². The van der Waals surface area contributed by atoms with Gasteiger partial charge in [-0.3, -0.25) is 0 Å². The molecule has 3 nitrogen and oxygen atoms in total. The fourth-order valence-electron chi connectivity index (χ4n) is 2.67. The van der Waals surface area contributed by atoms with Gasteiger partial charge in [0.15, 0.2) is 11.5 Å². The molecule has 0 radical (unpaired) electrons. The van der Waals surface area contributed by atoms with Crippen molar-refractivity contribution in [3.05, 3.63) is 84.2 Å². The Balaban J connectivity index is 1.86. The first-order valence-corrected chi connectivity index (χ1v) is 10.8. The first-order chi connectivity index (χ1) is 13.9.